The summed E-state index contributed by atoms with van der Waals surface area (Å²) >= 11 is 0. The second-order valence-corrected chi connectivity index (χ2v) is 7.64. The van der Waals surface area contributed by atoms with Crippen LogP contribution in [-0.2, 0) is 4.74 Å². The minimum atomic E-state index is -0.106. The molecule has 3 saturated heterocycles. The first-order chi connectivity index (χ1) is 11.7. The van der Waals surface area contributed by atoms with Gasteiger partial charge >= 0.3 is 0 Å². The Hall–Kier alpha value is -1.46. The van der Waals surface area contributed by atoms with E-state index in [1.807, 2.05) is 4.90 Å². The Balaban J connectivity index is 1.38. The van der Waals surface area contributed by atoms with Gasteiger partial charge in [0.25, 0.3) is 5.91 Å². The third-order valence-electron chi connectivity index (χ3n) is 5.75. The van der Waals surface area contributed by atoms with Gasteiger partial charge < -0.3 is 14.5 Å². The highest BCUT2D eigenvalue weighted by Crippen LogP contribution is 2.38. The Morgan fingerprint density at radius 3 is 2.79 bits per heavy atom. The standard InChI is InChI=1S/C19H27N3O2/c23-18(17-4-7-20-8-5-17)22-11-3-6-19(15-22)12-16(14-24-19)13-21-9-1-2-10-21/h4-5,7-8,16H,1-3,6,9-15H2/t16-,19-/m1/s1. The molecule has 3 aliphatic heterocycles. The van der Waals surface area contributed by atoms with E-state index in [9.17, 15) is 4.79 Å². The maximum Gasteiger partial charge on any atom is 0.254 e. The van der Waals surface area contributed by atoms with E-state index in [2.05, 4.69) is 9.88 Å². The van der Waals surface area contributed by atoms with Gasteiger partial charge in [0.2, 0.25) is 0 Å². The third kappa shape index (κ3) is 3.33. The number of carbonyl (C=O) groups excluding carboxylic acids is 1. The Morgan fingerprint density at radius 1 is 1.21 bits per heavy atom. The molecule has 1 amide bonds. The lowest BCUT2D eigenvalue weighted by molar-refractivity contribution is -0.0450. The number of amides is 1. The van der Waals surface area contributed by atoms with Gasteiger partial charge in [-0.2, -0.15) is 0 Å². The molecule has 4 rings (SSSR count). The van der Waals surface area contributed by atoms with Crippen molar-refractivity contribution >= 4 is 5.91 Å². The van der Waals surface area contributed by atoms with Crippen LogP contribution in [0.25, 0.3) is 0 Å². The zero-order chi connectivity index (χ0) is 16.4. The molecule has 0 N–H and O–H groups in total. The quantitative estimate of drug-likeness (QED) is 0.853. The van der Waals surface area contributed by atoms with Crippen molar-refractivity contribution in [1.82, 2.24) is 14.8 Å². The summed E-state index contributed by atoms with van der Waals surface area (Å²) in [5, 5.41) is 0. The van der Waals surface area contributed by atoms with Crippen molar-refractivity contribution in [1.29, 1.82) is 0 Å². The van der Waals surface area contributed by atoms with E-state index in [0.29, 0.717) is 5.92 Å². The molecule has 0 saturated carbocycles. The molecule has 0 bridgehead atoms. The molecule has 1 aromatic heterocycles. The predicted octanol–water partition coefficient (Wildman–Crippen LogP) is 2.19. The summed E-state index contributed by atoms with van der Waals surface area (Å²) < 4.78 is 6.29. The van der Waals surface area contributed by atoms with Crippen LogP contribution in [0.15, 0.2) is 24.5 Å². The fourth-order valence-electron chi connectivity index (χ4n) is 4.62. The summed E-state index contributed by atoms with van der Waals surface area (Å²) in [4.78, 5) is 21.3. The highest BCUT2D eigenvalue weighted by molar-refractivity contribution is 5.94. The van der Waals surface area contributed by atoms with E-state index >= 15 is 0 Å². The van der Waals surface area contributed by atoms with E-state index < -0.39 is 0 Å². The molecule has 5 heteroatoms. The summed E-state index contributed by atoms with van der Waals surface area (Å²) in [5.41, 5.74) is 0.624. The van der Waals surface area contributed by atoms with Crippen LogP contribution in [0.5, 0.6) is 0 Å². The summed E-state index contributed by atoms with van der Waals surface area (Å²) in [5.74, 6) is 0.738. The van der Waals surface area contributed by atoms with E-state index in [4.69, 9.17) is 4.74 Å². The van der Waals surface area contributed by atoms with Gasteiger partial charge in [0, 0.05) is 37.6 Å². The number of nitrogens with zero attached hydrogens (tertiary/aromatic N) is 3. The first-order valence-electron chi connectivity index (χ1n) is 9.30. The molecule has 1 aromatic rings. The number of aromatic nitrogens is 1. The molecule has 1 spiro atoms. The lowest BCUT2D eigenvalue weighted by atomic mass is 9.86. The number of piperidine rings is 1. The number of ether oxygens (including phenoxy) is 1. The molecule has 24 heavy (non-hydrogen) atoms. The second kappa shape index (κ2) is 6.81. The van der Waals surface area contributed by atoms with Gasteiger partial charge in [-0.1, -0.05) is 0 Å². The van der Waals surface area contributed by atoms with Crippen molar-refractivity contribution < 1.29 is 9.53 Å². The molecule has 0 aromatic carbocycles. The normalized spacial score (nSPS) is 31.0. The van der Waals surface area contributed by atoms with Crippen LogP contribution in [0.2, 0.25) is 0 Å². The average Bonchev–Trinajstić information content (AvgIpc) is 3.26. The predicted molar refractivity (Wildman–Crippen MR) is 91.8 cm³/mol. The summed E-state index contributed by atoms with van der Waals surface area (Å²) in [7, 11) is 0. The molecule has 0 aliphatic carbocycles. The Kier molecular flexibility index (Phi) is 4.55. The third-order valence-corrected chi connectivity index (χ3v) is 5.75. The molecule has 4 heterocycles. The topological polar surface area (TPSA) is 45.7 Å². The Labute approximate surface area is 144 Å². The second-order valence-electron chi connectivity index (χ2n) is 7.64. The number of likely N-dealkylation sites (tertiary alicyclic amines) is 2. The highest BCUT2D eigenvalue weighted by Gasteiger charge is 2.44. The van der Waals surface area contributed by atoms with Crippen LogP contribution in [0.4, 0.5) is 0 Å². The molecule has 5 nitrogen and oxygen atoms in total. The van der Waals surface area contributed by atoms with Crippen molar-refractivity contribution in [3.8, 4) is 0 Å². The van der Waals surface area contributed by atoms with Crippen LogP contribution < -0.4 is 0 Å². The largest absolute Gasteiger partial charge is 0.373 e. The highest BCUT2D eigenvalue weighted by atomic mass is 16.5. The smallest absolute Gasteiger partial charge is 0.254 e. The minimum absolute atomic E-state index is 0.106. The summed E-state index contributed by atoms with van der Waals surface area (Å²) in [6, 6.07) is 3.60. The van der Waals surface area contributed by atoms with Crippen LogP contribution in [0.1, 0.15) is 42.5 Å². The maximum atomic E-state index is 12.7. The van der Waals surface area contributed by atoms with Gasteiger partial charge in [0.15, 0.2) is 0 Å². The SMILES string of the molecule is O=C(c1ccncc1)N1CCC[C@@]2(C[C@H](CN3CCCC3)CO2)C1. The van der Waals surface area contributed by atoms with Gasteiger partial charge in [-0.05, 0) is 63.2 Å². The summed E-state index contributed by atoms with van der Waals surface area (Å²) in [6.07, 6.45) is 9.27. The van der Waals surface area contributed by atoms with Gasteiger partial charge in [0.05, 0.1) is 12.2 Å². The first-order valence-corrected chi connectivity index (χ1v) is 9.30. The number of carbonyl (C=O) groups is 1. The molecular weight excluding hydrogens is 302 g/mol. The molecule has 3 fully saturated rings. The average molecular weight is 329 g/mol. The van der Waals surface area contributed by atoms with Crippen molar-refractivity contribution in [3.05, 3.63) is 30.1 Å². The number of pyridine rings is 1. The lowest BCUT2D eigenvalue weighted by Gasteiger charge is -2.40. The molecule has 0 unspecified atom stereocenters. The van der Waals surface area contributed by atoms with Crippen molar-refractivity contribution in [2.75, 3.05) is 39.3 Å². The van der Waals surface area contributed by atoms with Gasteiger partial charge in [-0.3, -0.25) is 9.78 Å². The van der Waals surface area contributed by atoms with E-state index in [0.717, 1.165) is 44.5 Å². The van der Waals surface area contributed by atoms with Crippen molar-refractivity contribution in [2.45, 2.75) is 37.7 Å². The zero-order valence-electron chi connectivity index (χ0n) is 14.3. The maximum absolute atomic E-state index is 12.7. The Bertz CT molecular complexity index is 573. The van der Waals surface area contributed by atoms with Crippen molar-refractivity contribution in [2.24, 2.45) is 5.92 Å². The van der Waals surface area contributed by atoms with Crippen LogP contribution in [-0.4, -0.2) is 65.6 Å². The van der Waals surface area contributed by atoms with Gasteiger partial charge in [-0.25, -0.2) is 0 Å². The van der Waals surface area contributed by atoms with E-state index in [1.165, 1.54) is 32.5 Å². The van der Waals surface area contributed by atoms with Crippen LogP contribution in [0.3, 0.4) is 0 Å². The zero-order valence-corrected chi connectivity index (χ0v) is 14.3. The molecular formula is C19H27N3O2. The fraction of sp³-hybridized carbons (Fsp3) is 0.684. The van der Waals surface area contributed by atoms with Gasteiger partial charge in [0.1, 0.15) is 0 Å². The number of hydrogen-bond acceptors (Lipinski definition) is 4. The van der Waals surface area contributed by atoms with E-state index in [1.54, 1.807) is 24.5 Å². The van der Waals surface area contributed by atoms with Crippen molar-refractivity contribution in [3.63, 3.8) is 0 Å². The Morgan fingerprint density at radius 2 is 2.00 bits per heavy atom. The fourth-order valence-corrected chi connectivity index (χ4v) is 4.62. The number of rotatable bonds is 3. The lowest BCUT2D eigenvalue weighted by Crippen LogP contribution is -2.50. The number of hydrogen-bond donors (Lipinski definition) is 0. The first kappa shape index (κ1) is 16.0. The van der Waals surface area contributed by atoms with Crippen LogP contribution >= 0.6 is 0 Å². The molecule has 0 radical (unpaired) electrons. The molecule has 2 atom stereocenters. The summed E-state index contributed by atoms with van der Waals surface area (Å²) in [6.45, 7) is 6.09. The van der Waals surface area contributed by atoms with Gasteiger partial charge in [-0.15, -0.1) is 0 Å². The van der Waals surface area contributed by atoms with E-state index in [-0.39, 0.29) is 11.5 Å². The monoisotopic (exact) mass is 329 g/mol. The molecule has 130 valence electrons. The van der Waals surface area contributed by atoms with Crippen LogP contribution in [0, 0.1) is 5.92 Å². The molecule has 3 aliphatic rings. The minimum Gasteiger partial charge on any atom is -0.373 e.